The fourth-order valence-electron chi connectivity index (χ4n) is 8.33. The molecule has 2 aromatic carbocycles. The van der Waals surface area contributed by atoms with E-state index in [0.717, 1.165) is 56.5 Å². The Morgan fingerprint density at radius 3 is 2.76 bits per heavy atom. The quantitative estimate of drug-likeness (QED) is 0.504. The van der Waals surface area contributed by atoms with E-state index in [4.69, 9.17) is 9.47 Å². The number of nitrogens with zero attached hydrogens (tertiary/aromatic N) is 2. The standard InChI is InChI=1S/C30H36N2O5S/c1-19(33)36-27-16-22(27)17-32-14-13-30-23-11-12-24(31(2)38(34,35)18-20-7-4-3-5-8-20)29(30)37-26-10-6-9-21(28(26)30)15-25(23)32/h3-10,22-25,27,29H,11-18H2,1-2H3/t22?,23-,24-,25+,27?,29-,30-/m0/s1. The Labute approximate surface area is 225 Å². The SMILES string of the molecule is CC(=O)OC1CC1CN1CC[C@]23c4c5cccc4O[C@H]2[C@@H](N(C)S(=O)(=O)Cc2ccccc2)CC[C@H]3[C@H]1C5. The largest absolute Gasteiger partial charge is 0.487 e. The molecule has 1 saturated heterocycles. The van der Waals surface area contributed by atoms with Crippen molar-refractivity contribution in [2.45, 2.75) is 74.5 Å². The smallest absolute Gasteiger partial charge is 0.302 e. The number of hydrogen-bond acceptors (Lipinski definition) is 6. The molecule has 2 heterocycles. The van der Waals surface area contributed by atoms with Gasteiger partial charge in [0.15, 0.2) is 0 Å². The Hall–Kier alpha value is -2.42. The van der Waals surface area contributed by atoms with Crippen LogP contribution in [0.3, 0.4) is 0 Å². The summed E-state index contributed by atoms with van der Waals surface area (Å²) in [5, 5.41) is 0. The van der Waals surface area contributed by atoms with Gasteiger partial charge in [-0.15, -0.1) is 0 Å². The highest BCUT2D eigenvalue weighted by Gasteiger charge is 2.66. The predicted octanol–water partition coefficient (Wildman–Crippen LogP) is 3.51. The summed E-state index contributed by atoms with van der Waals surface area (Å²) in [6.07, 6.45) is 4.61. The number of benzene rings is 2. The zero-order valence-corrected chi connectivity index (χ0v) is 22.9. The first-order valence-electron chi connectivity index (χ1n) is 14.0. The third-order valence-electron chi connectivity index (χ3n) is 10.0. The molecule has 3 aliphatic carbocycles. The molecule has 1 spiro atoms. The number of esters is 1. The Morgan fingerprint density at radius 2 is 1.97 bits per heavy atom. The topological polar surface area (TPSA) is 76.2 Å². The molecule has 8 heteroatoms. The molecular weight excluding hydrogens is 500 g/mol. The number of piperidine rings is 1. The van der Waals surface area contributed by atoms with Gasteiger partial charge in [0, 0.05) is 43.5 Å². The van der Waals surface area contributed by atoms with Gasteiger partial charge in [-0.25, -0.2) is 8.42 Å². The summed E-state index contributed by atoms with van der Waals surface area (Å²) in [5.41, 5.74) is 3.37. The van der Waals surface area contributed by atoms with Crippen molar-refractivity contribution in [3.8, 4) is 5.75 Å². The van der Waals surface area contributed by atoms with Crippen LogP contribution in [0.4, 0.5) is 0 Å². The minimum Gasteiger partial charge on any atom is -0.487 e. The van der Waals surface area contributed by atoms with Crippen molar-refractivity contribution in [1.82, 2.24) is 9.21 Å². The van der Waals surface area contributed by atoms with Crippen LogP contribution in [0.1, 0.15) is 49.3 Å². The molecule has 38 heavy (non-hydrogen) atoms. The van der Waals surface area contributed by atoms with Crippen LogP contribution in [0, 0.1) is 11.8 Å². The van der Waals surface area contributed by atoms with Crippen molar-refractivity contribution < 1.29 is 22.7 Å². The van der Waals surface area contributed by atoms with Crippen LogP contribution >= 0.6 is 0 Å². The molecule has 2 unspecified atom stereocenters. The number of carbonyl (C=O) groups is 1. The van der Waals surface area contributed by atoms with Gasteiger partial charge in [-0.1, -0.05) is 42.5 Å². The molecule has 0 amide bonds. The van der Waals surface area contributed by atoms with Crippen molar-refractivity contribution in [3.05, 3.63) is 65.2 Å². The summed E-state index contributed by atoms with van der Waals surface area (Å²) in [6.45, 7) is 3.42. The first kappa shape index (κ1) is 24.6. The van der Waals surface area contributed by atoms with E-state index in [9.17, 15) is 13.2 Å². The molecule has 0 radical (unpaired) electrons. The van der Waals surface area contributed by atoms with Crippen molar-refractivity contribution >= 4 is 16.0 Å². The van der Waals surface area contributed by atoms with Crippen LogP contribution in [0.25, 0.3) is 0 Å². The van der Waals surface area contributed by atoms with Crippen LogP contribution in [0.15, 0.2) is 48.5 Å². The van der Waals surface area contributed by atoms with Crippen molar-refractivity contribution in [1.29, 1.82) is 0 Å². The van der Waals surface area contributed by atoms with Crippen LogP contribution in [0.2, 0.25) is 0 Å². The number of carbonyl (C=O) groups excluding carboxylic acids is 1. The molecule has 7 atom stereocenters. The molecule has 0 N–H and O–H groups in total. The monoisotopic (exact) mass is 536 g/mol. The molecule has 7 rings (SSSR count). The van der Waals surface area contributed by atoms with Crippen LogP contribution in [-0.2, 0) is 37.1 Å². The zero-order chi connectivity index (χ0) is 26.2. The Balaban J connectivity index is 1.18. The van der Waals surface area contributed by atoms with E-state index in [0.29, 0.717) is 17.9 Å². The van der Waals surface area contributed by atoms with Gasteiger partial charge in [0.2, 0.25) is 10.0 Å². The third kappa shape index (κ3) is 3.74. The summed E-state index contributed by atoms with van der Waals surface area (Å²) in [4.78, 5) is 14.1. The van der Waals surface area contributed by atoms with E-state index in [-0.39, 0.29) is 35.4 Å². The zero-order valence-electron chi connectivity index (χ0n) is 22.1. The number of sulfonamides is 1. The minimum absolute atomic E-state index is 0.00345. The lowest BCUT2D eigenvalue weighted by atomic mass is 9.51. The lowest BCUT2D eigenvalue weighted by Gasteiger charge is -2.60. The summed E-state index contributed by atoms with van der Waals surface area (Å²) in [7, 11) is -1.76. The molecule has 2 aromatic rings. The van der Waals surface area contributed by atoms with E-state index in [1.807, 2.05) is 30.3 Å². The van der Waals surface area contributed by atoms with Crippen molar-refractivity contribution in [2.24, 2.45) is 11.8 Å². The van der Waals surface area contributed by atoms with Gasteiger partial charge >= 0.3 is 5.97 Å². The number of likely N-dealkylation sites (N-methyl/N-ethyl adjacent to an activating group) is 1. The molecular formula is C30H36N2O5S. The average Bonchev–Trinajstić information content (AvgIpc) is 3.51. The van der Waals surface area contributed by atoms with Crippen LogP contribution in [0.5, 0.6) is 5.75 Å². The van der Waals surface area contributed by atoms with Gasteiger partial charge < -0.3 is 9.47 Å². The normalized spacial score (nSPS) is 34.9. The summed E-state index contributed by atoms with van der Waals surface area (Å²) in [5.74, 6) is 1.63. The van der Waals surface area contributed by atoms with E-state index in [1.54, 1.807) is 11.4 Å². The molecule has 3 fully saturated rings. The Morgan fingerprint density at radius 1 is 1.16 bits per heavy atom. The van der Waals surface area contributed by atoms with E-state index in [2.05, 4.69) is 23.1 Å². The molecule has 202 valence electrons. The fourth-order valence-corrected chi connectivity index (χ4v) is 9.78. The number of ether oxygens (including phenoxy) is 2. The first-order chi connectivity index (χ1) is 18.3. The highest BCUT2D eigenvalue weighted by Crippen LogP contribution is 2.63. The van der Waals surface area contributed by atoms with Gasteiger partial charge in [-0.3, -0.25) is 9.69 Å². The molecule has 2 bridgehead atoms. The second-order valence-corrected chi connectivity index (χ2v) is 14.1. The number of rotatable bonds is 7. The van der Waals surface area contributed by atoms with Crippen molar-refractivity contribution in [3.63, 3.8) is 0 Å². The lowest BCUT2D eigenvalue weighted by molar-refractivity contribution is -0.142. The number of hydrogen-bond donors (Lipinski definition) is 0. The van der Waals surface area contributed by atoms with Crippen LogP contribution < -0.4 is 4.74 Å². The van der Waals surface area contributed by atoms with Crippen LogP contribution in [-0.4, -0.2) is 68.0 Å². The third-order valence-corrected chi connectivity index (χ3v) is 11.9. The highest BCUT2D eigenvalue weighted by molar-refractivity contribution is 7.88. The number of likely N-dealkylation sites (tertiary alicyclic amines) is 1. The maximum Gasteiger partial charge on any atom is 0.302 e. The van der Waals surface area contributed by atoms with Crippen molar-refractivity contribution in [2.75, 3.05) is 20.1 Å². The van der Waals surface area contributed by atoms with Gasteiger partial charge in [-0.05, 0) is 61.8 Å². The first-order valence-corrected chi connectivity index (χ1v) is 15.6. The molecule has 0 aromatic heterocycles. The lowest BCUT2D eigenvalue weighted by Crippen LogP contribution is -2.69. The van der Waals surface area contributed by atoms with Gasteiger partial charge in [0.05, 0.1) is 11.8 Å². The molecule has 2 saturated carbocycles. The van der Waals surface area contributed by atoms with Gasteiger partial charge in [-0.2, -0.15) is 4.31 Å². The maximum atomic E-state index is 13.6. The van der Waals surface area contributed by atoms with Gasteiger partial charge in [0.25, 0.3) is 0 Å². The molecule has 5 aliphatic rings. The predicted molar refractivity (Wildman–Crippen MR) is 143 cm³/mol. The second kappa shape index (κ2) is 8.80. The van der Waals surface area contributed by atoms with E-state index < -0.39 is 10.0 Å². The maximum absolute atomic E-state index is 13.6. The Bertz CT molecular complexity index is 1360. The van der Waals surface area contributed by atoms with E-state index in [1.165, 1.54) is 18.1 Å². The molecule has 7 nitrogen and oxygen atoms in total. The fraction of sp³-hybridized carbons (Fsp3) is 0.567. The summed E-state index contributed by atoms with van der Waals surface area (Å²) in [6, 6.07) is 16.1. The minimum atomic E-state index is -3.51. The summed E-state index contributed by atoms with van der Waals surface area (Å²) >= 11 is 0. The highest BCUT2D eigenvalue weighted by atomic mass is 32.2. The van der Waals surface area contributed by atoms with E-state index >= 15 is 0 Å². The summed E-state index contributed by atoms with van der Waals surface area (Å²) < 4.78 is 41.1. The van der Waals surface area contributed by atoms with Gasteiger partial charge in [0.1, 0.15) is 18.0 Å². The average molecular weight is 537 g/mol. The second-order valence-electron chi connectivity index (χ2n) is 12.0. The molecule has 2 aliphatic heterocycles. The Kier molecular flexibility index (Phi) is 5.70.